The van der Waals surface area contributed by atoms with Crippen molar-refractivity contribution in [1.82, 2.24) is 9.55 Å². The highest BCUT2D eigenvalue weighted by molar-refractivity contribution is 5.72. The van der Waals surface area contributed by atoms with Gasteiger partial charge >= 0.3 is 5.97 Å². The Morgan fingerprint density at radius 3 is 2.73 bits per heavy atom. The molecule has 0 aliphatic carbocycles. The van der Waals surface area contributed by atoms with Crippen LogP contribution in [0.5, 0.6) is 0 Å². The summed E-state index contributed by atoms with van der Waals surface area (Å²) in [5.41, 5.74) is 11.3. The lowest BCUT2D eigenvalue weighted by Gasteiger charge is -2.18. The molecular formula is C15H25N5O6. The summed E-state index contributed by atoms with van der Waals surface area (Å²) in [5.74, 6) is -0.818. The van der Waals surface area contributed by atoms with Crippen molar-refractivity contribution in [3.63, 3.8) is 0 Å². The Morgan fingerprint density at radius 1 is 1.38 bits per heavy atom. The van der Waals surface area contributed by atoms with Crippen LogP contribution in [0.4, 0.5) is 5.82 Å². The van der Waals surface area contributed by atoms with Crippen molar-refractivity contribution in [2.75, 3.05) is 18.9 Å². The van der Waals surface area contributed by atoms with Gasteiger partial charge in [-0.05, 0) is 25.3 Å². The lowest BCUT2D eigenvalue weighted by atomic mass is 10.1. The first-order valence-corrected chi connectivity index (χ1v) is 8.31. The first-order chi connectivity index (χ1) is 12.3. The van der Waals surface area contributed by atoms with E-state index in [0.29, 0.717) is 25.8 Å². The van der Waals surface area contributed by atoms with Crippen molar-refractivity contribution in [2.45, 2.75) is 49.8 Å². The minimum atomic E-state index is -1.26. The van der Waals surface area contributed by atoms with Gasteiger partial charge in [0.2, 0.25) is 5.62 Å². The van der Waals surface area contributed by atoms with Gasteiger partial charge in [0.25, 0.3) is 0 Å². The molecule has 8 N–H and O–H groups in total. The number of nitrogens with two attached hydrogens (primary N) is 2. The van der Waals surface area contributed by atoms with Gasteiger partial charge in [-0.25, -0.2) is 0 Å². The number of aliphatic carboxylic acids is 1. The molecule has 0 saturated carbocycles. The molecule has 2 rings (SSSR count). The van der Waals surface area contributed by atoms with Gasteiger partial charge in [0, 0.05) is 12.7 Å². The van der Waals surface area contributed by atoms with E-state index in [2.05, 4.69) is 9.98 Å². The van der Waals surface area contributed by atoms with Gasteiger partial charge in [-0.2, -0.15) is 4.98 Å². The Hall–Kier alpha value is -2.05. The van der Waals surface area contributed by atoms with Crippen molar-refractivity contribution in [2.24, 2.45) is 10.7 Å². The molecular weight excluding hydrogens is 346 g/mol. The predicted molar refractivity (Wildman–Crippen MR) is 89.5 cm³/mol. The smallest absolute Gasteiger partial charge is 0.320 e. The Balaban J connectivity index is 2.09. The number of carboxylic acid groups (broad SMARTS) is 1. The van der Waals surface area contributed by atoms with Gasteiger partial charge in [0.1, 0.15) is 30.2 Å². The van der Waals surface area contributed by atoms with E-state index >= 15 is 0 Å². The molecule has 0 amide bonds. The molecule has 0 radical (unpaired) electrons. The molecule has 0 unspecified atom stereocenters. The number of ether oxygens (including phenoxy) is 1. The first kappa shape index (κ1) is 20.3. The molecule has 1 aromatic rings. The van der Waals surface area contributed by atoms with Crippen LogP contribution in [0.15, 0.2) is 17.3 Å². The van der Waals surface area contributed by atoms with Crippen LogP contribution in [0.3, 0.4) is 0 Å². The summed E-state index contributed by atoms with van der Waals surface area (Å²) in [4.78, 5) is 19.1. The fourth-order valence-corrected chi connectivity index (χ4v) is 2.64. The Bertz CT molecular complexity index is 681. The summed E-state index contributed by atoms with van der Waals surface area (Å²) in [5, 5.41) is 38.0. The molecule has 1 aromatic heterocycles. The van der Waals surface area contributed by atoms with Gasteiger partial charge < -0.3 is 36.6 Å². The number of aromatic nitrogens is 2. The number of nitrogens with zero attached hydrogens (tertiary/aromatic N) is 3. The van der Waals surface area contributed by atoms with Gasteiger partial charge in [0.05, 0.1) is 6.61 Å². The molecule has 1 fully saturated rings. The standard InChI is InChI=1S/C15H25N5O6/c16-8(14(24)25)3-1-2-5-18-15-19-10(17)4-6-20(15)13-12(23)11(22)9(7-21)26-13/h4,6,8-9,11-13,21-23H,1-3,5,7,16H2,(H,24,25)(H2,17,18,19)/t8-,9+,11+,12+,13+/m0/s1. The second kappa shape index (κ2) is 9.05. The topological polar surface area (TPSA) is 189 Å². The van der Waals surface area contributed by atoms with Crippen LogP contribution in [-0.2, 0) is 9.53 Å². The van der Waals surface area contributed by atoms with Crippen LogP contribution in [0.2, 0.25) is 0 Å². The van der Waals surface area contributed by atoms with Crippen molar-refractivity contribution >= 4 is 11.8 Å². The van der Waals surface area contributed by atoms with Crippen LogP contribution in [-0.4, -0.2) is 73.5 Å². The maximum atomic E-state index is 10.7. The van der Waals surface area contributed by atoms with Crippen molar-refractivity contribution < 1.29 is 30.0 Å². The second-order valence-electron chi connectivity index (χ2n) is 6.11. The molecule has 5 atom stereocenters. The molecule has 11 heteroatoms. The van der Waals surface area contributed by atoms with Gasteiger partial charge in [-0.1, -0.05) is 0 Å². The zero-order valence-electron chi connectivity index (χ0n) is 14.2. The largest absolute Gasteiger partial charge is 0.480 e. The zero-order chi connectivity index (χ0) is 19.3. The number of aliphatic hydroxyl groups is 3. The van der Waals surface area contributed by atoms with Gasteiger partial charge in [-0.15, -0.1) is 0 Å². The summed E-state index contributed by atoms with van der Waals surface area (Å²) in [6.07, 6.45) is -1.34. The molecule has 146 valence electrons. The number of anilines is 1. The lowest BCUT2D eigenvalue weighted by Crippen LogP contribution is -2.36. The average molecular weight is 371 g/mol. The highest BCUT2D eigenvalue weighted by Gasteiger charge is 2.43. The van der Waals surface area contributed by atoms with E-state index in [4.69, 9.17) is 21.3 Å². The zero-order valence-corrected chi connectivity index (χ0v) is 14.2. The maximum absolute atomic E-state index is 10.7. The fraction of sp³-hybridized carbons (Fsp3) is 0.667. The first-order valence-electron chi connectivity index (χ1n) is 8.31. The highest BCUT2D eigenvalue weighted by atomic mass is 16.6. The molecule has 26 heavy (non-hydrogen) atoms. The number of carboxylic acids is 1. The Labute approximate surface area is 149 Å². The van der Waals surface area contributed by atoms with Crippen LogP contribution in [0.1, 0.15) is 25.5 Å². The Morgan fingerprint density at radius 2 is 2.12 bits per heavy atom. The number of nitrogen functional groups attached to an aromatic ring is 1. The third kappa shape index (κ3) is 4.77. The fourth-order valence-electron chi connectivity index (χ4n) is 2.64. The highest BCUT2D eigenvalue weighted by Crippen LogP contribution is 2.28. The summed E-state index contributed by atoms with van der Waals surface area (Å²) in [6, 6.07) is 0.601. The normalized spacial score (nSPS) is 27.6. The van der Waals surface area contributed by atoms with E-state index in [1.807, 2.05) is 0 Å². The quantitative estimate of drug-likeness (QED) is 0.270. The van der Waals surface area contributed by atoms with E-state index < -0.39 is 43.2 Å². The molecule has 0 bridgehead atoms. The number of unbranched alkanes of at least 4 members (excludes halogenated alkanes) is 1. The molecule has 1 aliphatic heterocycles. The molecule has 0 aromatic carbocycles. The summed E-state index contributed by atoms with van der Waals surface area (Å²) < 4.78 is 6.91. The second-order valence-corrected chi connectivity index (χ2v) is 6.11. The van der Waals surface area contributed by atoms with E-state index in [-0.39, 0.29) is 11.4 Å². The van der Waals surface area contributed by atoms with E-state index in [9.17, 15) is 20.1 Å². The molecule has 1 aliphatic rings. The van der Waals surface area contributed by atoms with E-state index in [1.54, 1.807) is 0 Å². The molecule has 0 spiro atoms. The molecule has 1 saturated heterocycles. The minimum Gasteiger partial charge on any atom is -0.480 e. The molecule has 11 nitrogen and oxygen atoms in total. The summed E-state index contributed by atoms with van der Waals surface area (Å²) in [7, 11) is 0. The van der Waals surface area contributed by atoms with E-state index in [0.717, 1.165) is 0 Å². The van der Waals surface area contributed by atoms with Crippen LogP contribution in [0, 0.1) is 0 Å². The van der Waals surface area contributed by atoms with Crippen LogP contribution < -0.4 is 17.1 Å². The number of rotatable bonds is 8. The number of aliphatic hydroxyl groups excluding tert-OH is 3. The van der Waals surface area contributed by atoms with Crippen LogP contribution in [0.25, 0.3) is 0 Å². The number of hydrogen-bond donors (Lipinski definition) is 6. The average Bonchev–Trinajstić information content (AvgIpc) is 2.89. The predicted octanol–water partition coefficient (Wildman–Crippen LogP) is -2.44. The summed E-state index contributed by atoms with van der Waals surface area (Å²) >= 11 is 0. The van der Waals surface area contributed by atoms with Crippen molar-refractivity contribution in [1.29, 1.82) is 0 Å². The van der Waals surface area contributed by atoms with E-state index in [1.165, 1.54) is 16.8 Å². The van der Waals surface area contributed by atoms with Crippen LogP contribution >= 0.6 is 0 Å². The lowest BCUT2D eigenvalue weighted by molar-refractivity contribution is -0.138. The van der Waals surface area contributed by atoms with Gasteiger partial charge in [-0.3, -0.25) is 14.4 Å². The molecule has 2 heterocycles. The summed E-state index contributed by atoms with van der Waals surface area (Å²) in [6.45, 7) is -0.0917. The van der Waals surface area contributed by atoms with Crippen molar-refractivity contribution in [3.05, 3.63) is 17.9 Å². The monoisotopic (exact) mass is 371 g/mol. The minimum absolute atomic E-state index is 0.197. The third-order valence-electron chi connectivity index (χ3n) is 4.15. The maximum Gasteiger partial charge on any atom is 0.320 e. The van der Waals surface area contributed by atoms with Gasteiger partial charge in [0.15, 0.2) is 6.23 Å². The number of hydrogen-bond acceptors (Lipinski definition) is 9. The SMILES string of the molecule is Nc1ccn([C@@H]2O[C@H](CO)[C@@H](O)[C@H]2O)c(=NCCCC[C@H](N)C(=O)O)n1. The van der Waals surface area contributed by atoms with Crippen molar-refractivity contribution in [3.8, 4) is 0 Å². The Kier molecular flexibility index (Phi) is 7.06. The third-order valence-corrected chi connectivity index (χ3v) is 4.15. The number of carbonyl (C=O) groups is 1.